The summed E-state index contributed by atoms with van der Waals surface area (Å²) in [6.07, 6.45) is -0.970. The van der Waals surface area contributed by atoms with Crippen molar-refractivity contribution in [1.82, 2.24) is 0 Å². The summed E-state index contributed by atoms with van der Waals surface area (Å²) in [4.78, 5) is 49.7. The first kappa shape index (κ1) is 35.7. The van der Waals surface area contributed by atoms with E-state index in [2.05, 4.69) is 0 Å². The van der Waals surface area contributed by atoms with Gasteiger partial charge in [0.15, 0.2) is 11.5 Å². The predicted molar refractivity (Wildman–Crippen MR) is 152 cm³/mol. The van der Waals surface area contributed by atoms with Crippen LogP contribution in [-0.2, 0) is 35.0 Å². The Hall–Kier alpha value is -3.34. The second kappa shape index (κ2) is 15.6. The van der Waals surface area contributed by atoms with Crippen LogP contribution in [0.25, 0.3) is 0 Å². The van der Waals surface area contributed by atoms with Gasteiger partial charge in [0, 0.05) is 19.3 Å². The maximum Gasteiger partial charge on any atom is 0.513 e. The minimum atomic E-state index is -1.59. The predicted octanol–water partition coefficient (Wildman–Crippen LogP) is 5.73. The van der Waals surface area contributed by atoms with E-state index in [1.165, 1.54) is 19.2 Å². The number of rotatable bonds is 13. The van der Waals surface area contributed by atoms with Gasteiger partial charge in [0.1, 0.15) is 11.6 Å². The molecule has 0 fully saturated rings. The highest BCUT2D eigenvalue weighted by Gasteiger charge is 2.38. The van der Waals surface area contributed by atoms with Crippen molar-refractivity contribution in [1.29, 1.82) is 0 Å². The molecule has 0 aliphatic rings. The van der Waals surface area contributed by atoms with Crippen molar-refractivity contribution in [2.24, 2.45) is 16.6 Å². The highest BCUT2D eigenvalue weighted by Crippen LogP contribution is 2.32. The molecule has 2 N–H and O–H groups in total. The molecule has 0 spiro atoms. The van der Waals surface area contributed by atoms with Crippen LogP contribution in [0.2, 0.25) is 0 Å². The molecule has 1 rings (SSSR count). The fourth-order valence-electron chi connectivity index (χ4n) is 3.57. The first-order chi connectivity index (χ1) is 18.9. The van der Waals surface area contributed by atoms with Crippen molar-refractivity contribution in [2.75, 3.05) is 20.3 Å². The number of methoxy groups -OCH3 is 1. The SMILES string of the molecule is CCCCC(=O)OC(C)C[C@@](N)(Cc1ccc(OC(=O)OCC(C)(C)C)c(OC(=O)OCC(C)(C)C)c1)C(=O)OC. The van der Waals surface area contributed by atoms with Gasteiger partial charge in [-0.1, -0.05) is 61.0 Å². The van der Waals surface area contributed by atoms with Crippen LogP contribution in [-0.4, -0.2) is 56.2 Å². The third kappa shape index (κ3) is 14.2. The average Bonchev–Trinajstić information content (AvgIpc) is 2.85. The Morgan fingerprint density at radius 2 is 1.41 bits per heavy atom. The Bertz CT molecular complexity index is 1040. The van der Waals surface area contributed by atoms with Gasteiger partial charge in [-0.25, -0.2) is 9.59 Å². The molecule has 0 saturated heterocycles. The summed E-state index contributed by atoms with van der Waals surface area (Å²) in [6, 6.07) is 4.36. The number of hydrogen-bond donors (Lipinski definition) is 1. The van der Waals surface area contributed by atoms with E-state index in [0.717, 1.165) is 6.42 Å². The van der Waals surface area contributed by atoms with Crippen LogP contribution in [0.3, 0.4) is 0 Å². The minimum Gasteiger partial charge on any atom is -0.468 e. The number of esters is 2. The van der Waals surface area contributed by atoms with Gasteiger partial charge >= 0.3 is 24.2 Å². The highest BCUT2D eigenvalue weighted by atomic mass is 16.7. The molecule has 0 amide bonds. The van der Waals surface area contributed by atoms with Crippen LogP contribution in [0.1, 0.15) is 86.6 Å². The fourth-order valence-corrected chi connectivity index (χ4v) is 3.57. The van der Waals surface area contributed by atoms with E-state index < -0.39 is 29.9 Å². The van der Waals surface area contributed by atoms with Gasteiger partial charge in [0.2, 0.25) is 0 Å². The molecular formula is C30H47NO10. The summed E-state index contributed by atoms with van der Waals surface area (Å²) in [5.41, 5.74) is 4.77. The van der Waals surface area contributed by atoms with Crippen LogP contribution in [0, 0.1) is 10.8 Å². The maximum atomic E-state index is 12.8. The molecule has 11 heteroatoms. The zero-order chi connectivity index (χ0) is 31.4. The van der Waals surface area contributed by atoms with Crippen LogP contribution in [0.5, 0.6) is 11.5 Å². The normalized spacial score (nSPS) is 13.8. The Balaban J connectivity index is 3.24. The largest absolute Gasteiger partial charge is 0.513 e. The van der Waals surface area contributed by atoms with E-state index in [0.29, 0.717) is 12.0 Å². The lowest BCUT2D eigenvalue weighted by atomic mass is 9.86. The van der Waals surface area contributed by atoms with Crippen molar-refractivity contribution >= 4 is 24.2 Å². The third-order valence-corrected chi connectivity index (χ3v) is 5.47. The quantitative estimate of drug-likeness (QED) is 0.173. The molecule has 0 bridgehead atoms. The summed E-state index contributed by atoms with van der Waals surface area (Å²) < 4.78 is 31.4. The lowest BCUT2D eigenvalue weighted by Gasteiger charge is -2.29. The molecule has 232 valence electrons. The van der Waals surface area contributed by atoms with E-state index >= 15 is 0 Å². The number of hydrogen-bond acceptors (Lipinski definition) is 11. The Kier molecular flexibility index (Phi) is 13.6. The van der Waals surface area contributed by atoms with Gasteiger partial charge in [-0.15, -0.1) is 0 Å². The number of nitrogens with two attached hydrogens (primary N) is 1. The maximum absolute atomic E-state index is 12.8. The molecule has 1 aromatic carbocycles. The van der Waals surface area contributed by atoms with Gasteiger partial charge in [0.25, 0.3) is 0 Å². The van der Waals surface area contributed by atoms with Crippen molar-refractivity contribution < 1.29 is 47.6 Å². The molecule has 2 atom stereocenters. The molecule has 1 aromatic rings. The Labute approximate surface area is 243 Å². The summed E-state index contributed by atoms with van der Waals surface area (Å²) in [6.45, 7) is 15.1. The molecule has 11 nitrogen and oxygen atoms in total. The zero-order valence-electron chi connectivity index (χ0n) is 25.9. The highest BCUT2D eigenvalue weighted by molar-refractivity contribution is 5.81. The number of ether oxygens (including phenoxy) is 6. The first-order valence-electron chi connectivity index (χ1n) is 13.8. The Morgan fingerprint density at radius 3 is 1.90 bits per heavy atom. The van der Waals surface area contributed by atoms with E-state index in [1.54, 1.807) is 13.0 Å². The van der Waals surface area contributed by atoms with E-state index in [-0.39, 0.29) is 60.8 Å². The molecule has 0 heterocycles. The van der Waals surface area contributed by atoms with E-state index in [1.807, 2.05) is 48.5 Å². The monoisotopic (exact) mass is 581 g/mol. The summed E-state index contributed by atoms with van der Waals surface area (Å²) in [5.74, 6) is -1.33. The van der Waals surface area contributed by atoms with Gasteiger partial charge < -0.3 is 34.2 Å². The topological polar surface area (TPSA) is 150 Å². The number of unbranched alkanes of at least 4 members (excludes halogenated alkanes) is 1. The van der Waals surface area contributed by atoms with Crippen LogP contribution >= 0.6 is 0 Å². The van der Waals surface area contributed by atoms with Crippen molar-refractivity contribution in [3.8, 4) is 11.5 Å². The lowest BCUT2D eigenvalue weighted by molar-refractivity contribution is -0.155. The molecular weight excluding hydrogens is 534 g/mol. The van der Waals surface area contributed by atoms with Crippen molar-refractivity contribution in [3.05, 3.63) is 23.8 Å². The number of carbonyl (C=O) groups is 4. The molecule has 41 heavy (non-hydrogen) atoms. The standard InChI is InChI=1S/C30H47NO10/c1-10-11-12-24(32)39-20(2)16-30(31,25(33)36-9)17-21-13-14-22(40-26(34)37-18-28(3,4)5)23(15-21)41-27(35)38-19-29(6,7)8/h13-15,20H,10-12,16-19,31H2,1-9H3/t20?,30-/m1/s1. The zero-order valence-corrected chi connectivity index (χ0v) is 25.9. The molecule has 1 unspecified atom stereocenters. The second-order valence-corrected chi connectivity index (χ2v) is 12.6. The van der Waals surface area contributed by atoms with E-state index in [4.69, 9.17) is 34.2 Å². The van der Waals surface area contributed by atoms with Gasteiger partial charge in [0.05, 0.1) is 20.3 Å². The Morgan fingerprint density at radius 1 is 0.878 bits per heavy atom. The summed E-state index contributed by atoms with van der Waals surface area (Å²) in [7, 11) is 1.21. The van der Waals surface area contributed by atoms with Gasteiger partial charge in [-0.05, 0) is 41.9 Å². The molecule has 0 aliphatic carbocycles. The van der Waals surface area contributed by atoms with Crippen LogP contribution in [0.15, 0.2) is 18.2 Å². The van der Waals surface area contributed by atoms with Gasteiger partial charge in [-0.3, -0.25) is 9.59 Å². The van der Waals surface area contributed by atoms with Crippen molar-refractivity contribution in [3.63, 3.8) is 0 Å². The van der Waals surface area contributed by atoms with E-state index in [9.17, 15) is 19.2 Å². The smallest absolute Gasteiger partial charge is 0.468 e. The average molecular weight is 582 g/mol. The lowest BCUT2D eigenvalue weighted by Crippen LogP contribution is -2.53. The number of benzene rings is 1. The van der Waals surface area contributed by atoms with Gasteiger partial charge in [-0.2, -0.15) is 0 Å². The third-order valence-electron chi connectivity index (χ3n) is 5.47. The summed E-state index contributed by atoms with van der Waals surface area (Å²) in [5, 5.41) is 0. The molecule has 0 radical (unpaired) electrons. The van der Waals surface area contributed by atoms with Crippen molar-refractivity contribution in [2.45, 2.75) is 99.1 Å². The first-order valence-corrected chi connectivity index (χ1v) is 13.8. The summed E-state index contributed by atoms with van der Waals surface area (Å²) >= 11 is 0. The number of carbonyl (C=O) groups excluding carboxylic acids is 4. The van der Waals surface area contributed by atoms with Crippen LogP contribution < -0.4 is 15.2 Å². The molecule has 0 saturated carbocycles. The fraction of sp³-hybridized carbons (Fsp3) is 0.667. The second-order valence-electron chi connectivity index (χ2n) is 12.6. The minimum absolute atomic E-state index is 0.0290. The molecule has 0 aromatic heterocycles. The molecule has 0 aliphatic heterocycles. The van der Waals surface area contributed by atoms with Crippen LogP contribution in [0.4, 0.5) is 9.59 Å².